The monoisotopic (exact) mass is 525 g/mol. The molecule has 3 fully saturated rings. The zero-order valence-electron chi connectivity index (χ0n) is 19.5. The standard InChI is InChI=1S/C23H30F3N7O2S/c24-23(25,26)19-6-5-18(20(21(19)36(27,34)35)22-29-31-32-30-22)16-3-1-15(2-4-16)17-12-33(13-17)11-14-7-9-28-10-8-14/h1-6,14,17,22,28-32H,7-13H2,(H2,27,34,35). The van der Waals surface area contributed by atoms with Gasteiger partial charge in [-0.1, -0.05) is 30.3 Å². The van der Waals surface area contributed by atoms with Gasteiger partial charge < -0.3 is 10.2 Å². The maximum absolute atomic E-state index is 13.7. The number of nitrogens with one attached hydrogen (secondary N) is 5. The molecule has 0 aliphatic carbocycles. The van der Waals surface area contributed by atoms with Gasteiger partial charge in [0, 0.05) is 31.1 Å². The highest BCUT2D eigenvalue weighted by Gasteiger charge is 2.40. The van der Waals surface area contributed by atoms with Crippen LogP contribution >= 0.6 is 0 Å². The summed E-state index contributed by atoms with van der Waals surface area (Å²) in [6.45, 7) is 5.25. The molecule has 0 unspecified atom stereocenters. The van der Waals surface area contributed by atoms with E-state index in [1.54, 1.807) is 0 Å². The molecule has 0 amide bonds. The largest absolute Gasteiger partial charge is 0.417 e. The van der Waals surface area contributed by atoms with E-state index < -0.39 is 32.8 Å². The molecule has 13 heteroatoms. The van der Waals surface area contributed by atoms with Crippen molar-refractivity contribution in [1.29, 1.82) is 0 Å². The molecule has 2 aromatic rings. The molecular weight excluding hydrogens is 495 g/mol. The average molecular weight is 526 g/mol. The van der Waals surface area contributed by atoms with Crippen LogP contribution in [0.3, 0.4) is 0 Å². The van der Waals surface area contributed by atoms with Gasteiger partial charge in [-0.2, -0.15) is 24.2 Å². The lowest BCUT2D eigenvalue weighted by atomic mass is 9.87. The van der Waals surface area contributed by atoms with Crippen LogP contribution in [0.4, 0.5) is 13.2 Å². The van der Waals surface area contributed by atoms with Crippen molar-refractivity contribution in [2.45, 2.75) is 36.0 Å². The second-order valence-corrected chi connectivity index (χ2v) is 11.1. The van der Waals surface area contributed by atoms with E-state index in [4.69, 9.17) is 5.14 Å². The molecule has 3 aliphatic rings. The number of hydrazine groups is 3. The number of rotatable bonds is 6. The van der Waals surface area contributed by atoms with Crippen molar-refractivity contribution >= 4 is 10.0 Å². The lowest BCUT2D eigenvalue weighted by molar-refractivity contribution is -0.140. The third-order valence-corrected chi connectivity index (χ3v) is 8.20. The summed E-state index contributed by atoms with van der Waals surface area (Å²) >= 11 is 0. The Morgan fingerprint density at radius 3 is 2.19 bits per heavy atom. The van der Waals surface area contributed by atoms with Crippen molar-refractivity contribution in [1.82, 2.24) is 32.1 Å². The normalized spacial score (nSPS) is 21.1. The Morgan fingerprint density at radius 2 is 1.61 bits per heavy atom. The van der Waals surface area contributed by atoms with Gasteiger partial charge >= 0.3 is 6.18 Å². The van der Waals surface area contributed by atoms with Gasteiger partial charge in [0.1, 0.15) is 11.1 Å². The molecule has 196 valence electrons. The summed E-state index contributed by atoms with van der Waals surface area (Å²) in [6.07, 6.45) is -3.46. The first-order valence-corrected chi connectivity index (χ1v) is 13.5. The topological polar surface area (TPSA) is 124 Å². The Morgan fingerprint density at radius 1 is 0.972 bits per heavy atom. The van der Waals surface area contributed by atoms with Gasteiger partial charge in [-0.15, -0.1) is 0 Å². The number of hydrogen-bond donors (Lipinski definition) is 6. The fourth-order valence-electron chi connectivity index (χ4n) is 5.36. The van der Waals surface area contributed by atoms with Crippen LogP contribution < -0.4 is 32.4 Å². The molecular formula is C23H30F3N7O2S. The molecule has 0 bridgehead atoms. The van der Waals surface area contributed by atoms with E-state index in [2.05, 4.69) is 32.1 Å². The fourth-order valence-corrected chi connectivity index (χ4v) is 6.38. The minimum absolute atomic E-state index is 0.116. The first-order chi connectivity index (χ1) is 17.1. The summed E-state index contributed by atoms with van der Waals surface area (Å²) in [7, 11) is -4.72. The highest BCUT2D eigenvalue weighted by atomic mass is 32.2. The van der Waals surface area contributed by atoms with Gasteiger partial charge in [0.15, 0.2) is 0 Å². The molecule has 0 spiro atoms. The van der Waals surface area contributed by atoms with Crippen LogP contribution in [0.5, 0.6) is 0 Å². The number of nitrogens with two attached hydrogens (primary N) is 1. The summed E-state index contributed by atoms with van der Waals surface area (Å²) in [5.41, 5.74) is 11.1. The maximum Gasteiger partial charge on any atom is 0.417 e. The van der Waals surface area contributed by atoms with Crippen molar-refractivity contribution in [3.8, 4) is 11.1 Å². The lowest BCUT2D eigenvalue weighted by Gasteiger charge is -2.42. The third kappa shape index (κ3) is 5.29. The van der Waals surface area contributed by atoms with E-state index in [-0.39, 0.29) is 5.56 Å². The number of benzene rings is 2. The number of alkyl halides is 3. The van der Waals surface area contributed by atoms with Crippen LogP contribution in [0.1, 0.15) is 41.6 Å². The minimum Gasteiger partial charge on any atom is -0.317 e. The molecule has 36 heavy (non-hydrogen) atoms. The summed E-state index contributed by atoms with van der Waals surface area (Å²) < 4.78 is 66.0. The second kappa shape index (κ2) is 9.99. The predicted octanol–water partition coefficient (Wildman–Crippen LogP) is 1.53. The first kappa shape index (κ1) is 25.5. The highest BCUT2D eigenvalue weighted by Crippen LogP contribution is 2.41. The Labute approximate surface area is 208 Å². The summed E-state index contributed by atoms with van der Waals surface area (Å²) in [4.78, 5) is 1.51. The van der Waals surface area contributed by atoms with E-state index in [9.17, 15) is 21.6 Å². The fraction of sp³-hybridized carbons (Fsp3) is 0.478. The molecule has 5 rings (SSSR count). The number of nitrogens with zero attached hydrogens (tertiary/aromatic N) is 1. The minimum atomic E-state index is -4.90. The quantitative estimate of drug-likeness (QED) is 0.336. The van der Waals surface area contributed by atoms with E-state index >= 15 is 0 Å². The van der Waals surface area contributed by atoms with Gasteiger partial charge in [0.2, 0.25) is 10.0 Å². The molecule has 9 nitrogen and oxygen atoms in total. The molecule has 3 heterocycles. The van der Waals surface area contributed by atoms with E-state index in [0.717, 1.165) is 50.3 Å². The molecule has 3 aliphatic heterocycles. The molecule has 3 saturated heterocycles. The summed E-state index contributed by atoms with van der Waals surface area (Å²) in [6, 6.07) is 9.62. The van der Waals surface area contributed by atoms with Gasteiger partial charge in [-0.05, 0) is 54.6 Å². The van der Waals surface area contributed by atoms with Gasteiger partial charge in [0.25, 0.3) is 0 Å². The first-order valence-electron chi connectivity index (χ1n) is 11.9. The SMILES string of the molecule is NS(=O)(=O)c1c(C(F)(F)F)ccc(-c2ccc(C3CN(CC4CCNCC4)C3)cc2)c1C1NNNN1. The number of hydrogen-bond acceptors (Lipinski definition) is 8. The van der Waals surface area contributed by atoms with Crippen LogP contribution in [-0.2, 0) is 16.2 Å². The number of primary sulfonamides is 1. The number of halogens is 3. The molecule has 0 aromatic heterocycles. The molecule has 7 N–H and O–H groups in total. The van der Waals surface area contributed by atoms with Gasteiger partial charge in [-0.3, -0.25) is 0 Å². The Hall–Kier alpha value is -2.10. The van der Waals surface area contributed by atoms with Crippen LogP contribution in [0.15, 0.2) is 41.3 Å². The zero-order chi connectivity index (χ0) is 25.5. The predicted molar refractivity (Wildman–Crippen MR) is 128 cm³/mol. The Kier molecular flexibility index (Phi) is 7.09. The molecule has 0 radical (unpaired) electrons. The van der Waals surface area contributed by atoms with Crippen LogP contribution in [0, 0.1) is 5.92 Å². The highest BCUT2D eigenvalue weighted by molar-refractivity contribution is 7.89. The number of likely N-dealkylation sites (tertiary alicyclic amines) is 1. The van der Waals surface area contributed by atoms with E-state index in [0.29, 0.717) is 17.0 Å². The third-order valence-electron chi connectivity index (χ3n) is 7.20. The molecule has 2 aromatic carbocycles. The van der Waals surface area contributed by atoms with Crippen molar-refractivity contribution in [2.24, 2.45) is 11.1 Å². The van der Waals surface area contributed by atoms with E-state index in [1.165, 1.54) is 18.9 Å². The van der Waals surface area contributed by atoms with Crippen LogP contribution in [0.2, 0.25) is 0 Å². The lowest BCUT2D eigenvalue weighted by Crippen LogP contribution is -2.48. The van der Waals surface area contributed by atoms with Crippen molar-refractivity contribution in [3.63, 3.8) is 0 Å². The Bertz CT molecular complexity index is 1190. The number of sulfonamides is 1. The second-order valence-electron chi connectivity index (χ2n) is 9.65. The van der Waals surface area contributed by atoms with Crippen LogP contribution in [-0.4, -0.2) is 46.0 Å². The summed E-state index contributed by atoms with van der Waals surface area (Å²) in [5.74, 6) is 1.14. The summed E-state index contributed by atoms with van der Waals surface area (Å²) in [5, 5.41) is 8.70. The maximum atomic E-state index is 13.7. The molecule has 0 atom stereocenters. The Balaban J connectivity index is 1.41. The van der Waals surface area contributed by atoms with Crippen LogP contribution in [0.25, 0.3) is 11.1 Å². The number of piperidine rings is 1. The average Bonchev–Trinajstić information content (AvgIpc) is 3.35. The molecule has 0 saturated carbocycles. The zero-order valence-corrected chi connectivity index (χ0v) is 20.3. The van der Waals surface area contributed by atoms with E-state index in [1.807, 2.05) is 24.3 Å². The van der Waals surface area contributed by atoms with Crippen molar-refractivity contribution < 1.29 is 21.6 Å². The van der Waals surface area contributed by atoms with Gasteiger partial charge in [0.05, 0.1) is 5.56 Å². The van der Waals surface area contributed by atoms with Crippen molar-refractivity contribution in [3.05, 3.63) is 53.1 Å². The van der Waals surface area contributed by atoms with Gasteiger partial charge in [-0.25, -0.2) is 24.4 Å². The smallest absolute Gasteiger partial charge is 0.317 e. The van der Waals surface area contributed by atoms with Crippen molar-refractivity contribution in [2.75, 3.05) is 32.7 Å².